The summed E-state index contributed by atoms with van der Waals surface area (Å²) in [5, 5.41) is 6.53. The summed E-state index contributed by atoms with van der Waals surface area (Å²) in [5.41, 5.74) is 1.99. The standard InChI is InChI=1S/C16H21FN2S/c1-16(2,3)14-11-20-15(19-14)10-18-9-8-12-6-4-5-7-13(12)17/h4-7,11,18H,8-10H2,1-3H3. The molecule has 0 fully saturated rings. The lowest BCUT2D eigenvalue weighted by Crippen LogP contribution is -2.17. The van der Waals surface area contributed by atoms with Crippen LogP contribution in [0.25, 0.3) is 0 Å². The molecule has 0 radical (unpaired) electrons. The van der Waals surface area contributed by atoms with E-state index in [0.29, 0.717) is 6.42 Å². The van der Waals surface area contributed by atoms with Crippen molar-refractivity contribution < 1.29 is 4.39 Å². The third-order valence-corrected chi connectivity index (χ3v) is 3.97. The molecular formula is C16H21FN2S. The molecule has 0 unspecified atom stereocenters. The van der Waals surface area contributed by atoms with Crippen LogP contribution in [0.15, 0.2) is 29.6 Å². The second-order valence-corrected chi connectivity index (χ2v) is 6.84. The van der Waals surface area contributed by atoms with Crippen LogP contribution >= 0.6 is 11.3 Å². The van der Waals surface area contributed by atoms with Gasteiger partial charge in [0.1, 0.15) is 10.8 Å². The second-order valence-electron chi connectivity index (χ2n) is 5.89. The van der Waals surface area contributed by atoms with Crippen LogP contribution in [0, 0.1) is 5.82 Å². The van der Waals surface area contributed by atoms with Gasteiger partial charge in [-0.05, 0) is 24.6 Å². The molecule has 0 spiro atoms. The van der Waals surface area contributed by atoms with Gasteiger partial charge >= 0.3 is 0 Å². The van der Waals surface area contributed by atoms with Crippen LogP contribution < -0.4 is 5.32 Å². The van der Waals surface area contributed by atoms with Crippen molar-refractivity contribution in [3.8, 4) is 0 Å². The predicted molar refractivity (Wildman–Crippen MR) is 82.6 cm³/mol. The molecule has 20 heavy (non-hydrogen) atoms. The van der Waals surface area contributed by atoms with Gasteiger partial charge in [-0.2, -0.15) is 0 Å². The Morgan fingerprint density at radius 3 is 2.65 bits per heavy atom. The van der Waals surface area contributed by atoms with Gasteiger partial charge in [0.05, 0.1) is 5.69 Å². The van der Waals surface area contributed by atoms with Crippen molar-refractivity contribution in [1.29, 1.82) is 0 Å². The summed E-state index contributed by atoms with van der Waals surface area (Å²) < 4.78 is 13.4. The topological polar surface area (TPSA) is 24.9 Å². The highest BCUT2D eigenvalue weighted by molar-refractivity contribution is 7.09. The molecule has 0 amide bonds. The minimum Gasteiger partial charge on any atom is -0.310 e. The summed E-state index contributed by atoms with van der Waals surface area (Å²) in [7, 11) is 0. The Bertz CT molecular complexity index is 558. The maximum Gasteiger partial charge on any atom is 0.126 e. The average molecular weight is 292 g/mol. The zero-order chi connectivity index (χ0) is 14.6. The Morgan fingerprint density at radius 1 is 1.25 bits per heavy atom. The normalized spacial score (nSPS) is 11.8. The van der Waals surface area contributed by atoms with Gasteiger partial charge in [-0.1, -0.05) is 39.0 Å². The Kier molecular flexibility index (Phi) is 4.89. The van der Waals surface area contributed by atoms with Gasteiger partial charge in [-0.15, -0.1) is 11.3 Å². The van der Waals surface area contributed by atoms with Gasteiger partial charge in [0, 0.05) is 17.3 Å². The van der Waals surface area contributed by atoms with E-state index in [1.165, 1.54) is 6.07 Å². The maximum absolute atomic E-state index is 13.4. The van der Waals surface area contributed by atoms with Gasteiger partial charge in [-0.3, -0.25) is 0 Å². The maximum atomic E-state index is 13.4. The Hall–Kier alpha value is -1.26. The van der Waals surface area contributed by atoms with Crippen LogP contribution in [0.5, 0.6) is 0 Å². The highest BCUT2D eigenvalue weighted by Crippen LogP contribution is 2.23. The third kappa shape index (κ3) is 4.12. The van der Waals surface area contributed by atoms with Crippen LogP contribution in [-0.2, 0) is 18.4 Å². The van der Waals surface area contributed by atoms with Gasteiger partial charge in [-0.25, -0.2) is 9.37 Å². The summed E-state index contributed by atoms with van der Waals surface area (Å²) in [4.78, 5) is 4.63. The second kappa shape index (κ2) is 6.46. The molecule has 4 heteroatoms. The monoisotopic (exact) mass is 292 g/mol. The molecule has 2 aromatic rings. The number of hydrogen-bond acceptors (Lipinski definition) is 3. The molecule has 0 aliphatic heterocycles. The number of hydrogen-bond donors (Lipinski definition) is 1. The van der Waals surface area contributed by atoms with Crippen LogP contribution in [-0.4, -0.2) is 11.5 Å². The van der Waals surface area contributed by atoms with E-state index in [0.717, 1.165) is 29.4 Å². The smallest absolute Gasteiger partial charge is 0.126 e. The van der Waals surface area contributed by atoms with E-state index in [9.17, 15) is 4.39 Å². The van der Waals surface area contributed by atoms with E-state index in [1.807, 2.05) is 12.1 Å². The fourth-order valence-corrected chi connectivity index (χ4v) is 2.85. The minimum atomic E-state index is -0.126. The van der Waals surface area contributed by atoms with E-state index < -0.39 is 0 Å². The van der Waals surface area contributed by atoms with Gasteiger partial charge in [0.2, 0.25) is 0 Å². The number of halogens is 1. The SMILES string of the molecule is CC(C)(C)c1csc(CNCCc2ccccc2F)n1. The molecule has 1 N–H and O–H groups in total. The largest absolute Gasteiger partial charge is 0.310 e. The highest BCUT2D eigenvalue weighted by Gasteiger charge is 2.17. The molecule has 0 aliphatic carbocycles. The Labute approximate surface area is 124 Å². The number of thiazole rings is 1. The molecule has 0 atom stereocenters. The molecule has 1 heterocycles. The molecule has 0 saturated carbocycles. The van der Waals surface area contributed by atoms with E-state index >= 15 is 0 Å². The quantitative estimate of drug-likeness (QED) is 0.845. The first-order valence-electron chi connectivity index (χ1n) is 6.86. The van der Waals surface area contributed by atoms with E-state index in [4.69, 9.17) is 0 Å². The van der Waals surface area contributed by atoms with E-state index in [2.05, 4.69) is 36.5 Å². The molecule has 2 nitrogen and oxygen atoms in total. The van der Waals surface area contributed by atoms with Crippen molar-refractivity contribution in [2.45, 2.75) is 39.2 Å². The molecule has 0 aliphatic rings. The number of nitrogens with one attached hydrogen (secondary N) is 1. The zero-order valence-electron chi connectivity index (χ0n) is 12.2. The summed E-state index contributed by atoms with van der Waals surface area (Å²) in [5.74, 6) is -0.126. The zero-order valence-corrected chi connectivity index (χ0v) is 13.1. The molecule has 0 saturated heterocycles. The molecule has 2 rings (SSSR count). The first-order valence-corrected chi connectivity index (χ1v) is 7.74. The van der Waals surface area contributed by atoms with Gasteiger partial charge in [0.15, 0.2) is 0 Å². The lowest BCUT2D eigenvalue weighted by molar-refractivity contribution is 0.567. The summed E-state index contributed by atoms with van der Waals surface area (Å²) in [6.07, 6.45) is 0.699. The van der Waals surface area contributed by atoms with Crippen molar-refractivity contribution in [1.82, 2.24) is 10.3 Å². The predicted octanol–water partition coefficient (Wildman–Crippen LogP) is 3.91. The van der Waals surface area contributed by atoms with Gasteiger partial charge in [0.25, 0.3) is 0 Å². The lowest BCUT2D eigenvalue weighted by Gasteiger charge is -2.14. The van der Waals surface area contributed by atoms with E-state index in [-0.39, 0.29) is 11.2 Å². The number of rotatable bonds is 5. The number of aromatic nitrogens is 1. The van der Waals surface area contributed by atoms with Crippen LogP contribution in [0.4, 0.5) is 4.39 Å². The summed E-state index contributed by atoms with van der Waals surface area (Å²) in [6, 6.07) is 6.93. The van der Waals surface area contributed by atoms with Crippen molar-refractivity contribution in [2.75, 3.05) is 6.54 Å². The highest BCUT2D eigenvalue weighted by atomic mass is 32.1. The number of benzene rings is 1. The third-order valence-electron chi connectivity index (χ3n) is 3.13. The van der Waals surface area contributed by atoms with E-state index in [1.54, 1.807) is 17.4 Å². The average Bonchev–Trinajstić information content (AvgIpc) is 2.85. The van der Waals surface area contributed by atoms with Gasteiger partial charge < -0.3 is 5.32 Å². The fraction of sp³-hybridized carbons (Fsp3) is 0.438. The summed E-state index contributed by atoms with van der Waals surface area (Å²) in [6.45, 7) is 7.99. The molecule has 0 bridgehead atoms. The van der Waals surface area contributed by atoms with Crippen LogP contribution in [0.2, 0.25) is 0 Å². The first kappa shape index (κ1) is 15.1. The molecular weight excluding hydrogens is 271 g/mol. The van der Waals surface area contributed by atoms with Crippen LogP contribution in [0.3, 0.4) is 0 Å². The Balaban J connectivity index is 1.79. The Morgan fingerprint density at radius 2 is 2.00 bits per heavy atom. The van der Waals surface area contributed by atoms with Crippen molar-refractivity contribution in [3.05, 3.63) is 51.7 Å². The lowest BCUT2D eigenvalue weighted by atomic mass is 9.93. The number of nitrogens with zero attached hydrogens (tertiary/aromatic N) is 1. The summed E-state index contributed by atoms with van der Waals surface area (Å²) >= 11 is 1.68. The molecule has 108 valence electrons. The first-order chi connectivity index (χ1) is 9.47. The van der Waals surface area contributed by atoms with Crippen LogP contribution in [0.1, 0.15) is 37.0 Å². The molecule has 1 aromatic carbocycles. The van der Waals surface area contributed by atoms with Crippen molar-refractivity contribution in [2.24, 2.45) is 0 Å². The molecule has 1 aromatic heterocycles. The van der Waals surface area contributed by atoms with Crippen molar-refractivity contribution >= 4 is 11.3 Å². The fourth-order valence-electron chi connectivity index (χ4n) is 1.86. The minimum absolute atomic E-state index is 0.0991. The van der Waals surface area contributed by atoms with Crippen molar-refractivity contribution in [3.63, 3.8) is 0 Å².